The van der Waals surface area contributed by atoms with Crippen LogP contribution >= 0.6 is 0 Å². The van der Waals surface area contributed by atoms with Gasteiger partial charge < -0.3 is 10.6 Å². The van der Waals surface area contributed by atoms with Gasteiger partial charge in [0, 0.05) is 6.08 Å². The minimum atomic E-state index is -5.91. The molecule has 0 aromatic heterocycles. The van der Waals surface area contributed by atoms with Crippen molar-refractivity contribution in [1.29, 1.82) is 0 Å². The smallest absolute Gasteiger partial charge is 0.370 e. The number of halogens is 6. The summed E-state index contributed by atoms with van der Waals surface area (Å²) in [6.07, 6.45) is -10.6. The van der Waals surface area contributed by atoms with Crippen LogP contribution in [0.2, 0.25) is 0 Å². The van der Waals surface area contributed by atoms with Crippen molar-refractivity contribution in [3.63, 3.8) is 0 Å². The van der Waals surface area contributed by atoms with Crippen LogP contribution in [0.5, 0.6) is 0 Å². The first-order valence-corrected chi connectivity index (χ1v) is 4.49. The minimum absolute atomic E-state index is 0.120. The molecule has 3 nitrogen and oxygen atoms in total. The van der Waals surface area contributed by atoms with Crippen molar-refractivity contribution in [2.45, 2.75) is 24.4 Å². The molecule has 0 radical (unpaired) electrons. The van der Waals surface area contributed by atoms with Crippen LogP contribution in [0.4, 0.5) is 26.3 Å². The highest BCUT2D eigenvalue weighted by Gasteiger charge is 2.71. The summed E-state index contributed by atoms with van der Waals surface area (Å²) >= 11 is 0. The topological polar surface area (TPSA) is 56.6 Å². The highest BCUT2D eigenvalue weighted by Crippen LogP contribution is 2.48. The molecule has 0 saturated heterocycles. The van der Waals surface area contributed by atoms with Crippen LogP contribution in [-0.4, -0.2) is 33.6 Å². The Morgan fingerprint density at radius 3 is 1.83 bits per heavy atom. The van der Waals surface area contributed by atoms with Crippen LogP contribution in [-0.2, 0) is 0 Å². The molecule has 0 atom stereocenters. The third kappa shape index (κ3) is 2.19. The second kappa shape index (κ2) is 4.25. The van der Waals surface area contributed by atoms with E-state index in [2.05, 4.69) is 4.79 Å². The first-order valence-electron chi connectivity index (χ1n) is 4.49. The average molecular weight is 272 g/mol. The Morgan fingerprint density at radius 1 is 1.06 bits per heavy atom. The van der Waals surface area contributed by atoms with E-state index in [4.69, 9.17) is 10.6 Å². The average Bonchev–Trinajstić information content (AvgIpc) is 2.25. The molecule has 0 bridgehead atoms. The van der Waals surface area contributed by atoms with E-state index in [9.17, 15) is 26.3 Å². The minimum Gasteiger partial charge on any atom is -0.370 e. The summed E-state index contributed by atoms with van der Waals surface area (Å²) in [6.45, 7) is 0. The third-order valence-corrected chi connectivity index (χ3v) is 2.35. The van der Waals surface area contributed by atoms with Gasteiger partial charge in [0.15, 0.2) is 0 Å². The number of rotatable bonds is 1. The maximum atomic E-state index is 12.4. The molecule has 1 rings (SSSR count). The lowest BCUT2D eigenvalue weighted by atomic mass is 9.88. The van der Waals surface area contributed by atoms with E-state index < -0.39 is 29.9 Å². The lowest BCUT2D eigenvalue weighted by Crippen LogP contribution is -2.58. The molecular weight excluding hydrogens is 266 g/mol. The number of allylic oxidation sites excluding steroid dienone is 2. The SMILES string of the molecule is [N-]=[N+]=C1C=CC(C(O)(C(F)(F)F)C(F)(F)F)=CC1. The lowest BCUT2D eigenvalue weighted by Gasteiger charge is -2.33. The zero-order valence-electron chi connectivity index (χ0n) is 8.55. The van der Waals surface area contributed by atoms with Crippen LogP contribution in [0.1, 0.15) is 6.42 Å². The van der Waals surface area contributed by atoms with E-state index in [1.807, 2.05) is 0 Å². The summed E-state index contributed by atoms with van der Waals surface area (Å²) in [7, 11) is 0. The van der Waals surface area contributed by atoms with Crippen LogP contribution in [0.15, 0.2) is 23.8 Å². The van der Waals surface area contributed by atoms with Gasteiger partial charge in [0.2, 0.25) is 0 Å². The van der Waals surface area contributed by atoms with Gasteiger partial charge in [0.05, 0.1) is 6.42 Å². The van der Waals surface area contributed by atoms with Gasteiger partial charge in [-0.15, -0.1) is 0 Å². The fraction of sp³-hybridized carbons (Fsp3) is 0.444. The van der Waals surface area contributed by atoms with Gasteiger partial charge in [-0.1, -0.05) is 6.08 Å². The van der Waals surface area contributed by atoms with Gasteiger partial charge >= 0.3 is 12.4 Å². The summed E-state index contributed by atoms with van der Waals surface area (Å²) in [5.74, 6) is 0. The molecule has 0 unspecified atom stereocenters. The van der Waals surface area contributed by atoms with Crippen LogP contribution in [0.3, 0.4) is 0 Å². The standard InChI is InChI=1S/C9H6F6N2O/c10-8(11,12)7(18,9(13,14)15)5-1-3-6(17-16)4-2-5/h1-3,18H,4H2. The molecule has 1 aliphatic carbocycles. The Bertz CT molecular complexity index is 439. The zero-order valence-corrected chi connectivity index (χ0v) is 8.55. The van der Waals surface area contributed by atoms with Crippen molar-refractivity contribution in [2.75, 3.05) is 0 Å². The van der Waals surface area contributed by atoms with Crippen molar-refractivity contribution in [3.05, 3.63) is 29.3 Å². The molecule has 0 spiro atoms. The van der Waals surface area contributed by atoms with Gasteiger partial charge in [0.1, 0.15) is 0 Å². The van der Waals surface area contributed by atoms with Crippen molar-refractivity contribution in [3.8, 4) is 0 Å². The summed E-state index contributed by atoms with van der Waals surface area (Å²) in [5, 5.41) is 9.00. The summed E-state index contributed by atoms with van der Waals surface area (Å²) in [4.78, 5) is 2.63. The lowest BCUT2D eigenvalue weighted by molar-refractivity contribution is -0.351. The van der Waals surface area contributed by atoms with E-state index in [0.717, 1.165) is 6.08 Å². The number of aliphatic hydroxyl groups is 1. The molecule has 0 aromatic carbocycles. The molecular formula is C9H6F6N2O. The van der Waals surface area contributed by atoms with E-state index in [1.165, 1.54) is 0 Å². The quantitative estimate of drug-likeness (QED) is 0.445. The summed E-state index contributed by atoms with van der Waals surface area (Å²) in [6, 6.07) is 0. The molecule has 0 saturated carbocycles. The van der Waals surface area contributed by atoms with E-state index >= 15 is 0 Å². The predicted octanol–water partition coefficient (Wildman–Crippen LogP) is 2.40. The van der Waals surface area contributed by atoms with Crippen LogP contribution < -0.4 is 0 Å². The second-order valence-electron chi connectivity index (χ2n) is 3.49. The largest absolute Gasteiger partial charge is 0.430 e. The summed E-state index contributed by atoms with van der Waals surface area (Å²) in [5.41, 5.74) is 1.90. The monoisotopic (exact) mass is 272 g/mol. The maximum absolute atomic E-state index is 12.4. The van der Waals surface area contributed by atoms with Crippen molar-refractivity contribution >= 4 is 5.71 Å². The van der Waals surface area contributed by atoms with Gasteiger partial charge in [-0.05, 0) is 11.6 Å². The Morgan fingerprint density at radius 2 is 1.56 bits per heavy atom. The maximum Gasteiger partial charge on any atom is 0.430 e. The third-order valence-electron chi connectivity index (χ3n) is 2.35. The molecule has 9 heteroatoms. The molecule has 0 fully saturated rings. The first-order chi connectivity index (χ1) is 8.04. The molecule has 0 aliphatic heterocycles. The normalized spacial score (nSPS) is 17.5. The number of alkyl halides is 6. The highest BCUT2D eigenvalue weighted by atomic mass is 19.4. The number of hydrogen-bond acceptors (Lipinski definition) is 1. The Balaban J connectivity index is 3.30. The first kappa shape index (κ1) is 14.5. The fourth-order valence-electron chi connectivity index (χ4n) is 1.37. The number of hydrogen-bond donors (Lipinski definition) is 1. The molecule has 0 amide bonds. The highest BCUT2D eigenvalue weighted by molar-refractivity contribution is 5.93. The predicted molar refractivity (Wildman–Crippen MR) is 47.5 cm³/mol. The molecule has 18 heavy (non-hydrogen) atoms. The van der Waals surface area contributed by atoms with Gasteiger partial charge in [-0.2, -0.15) is 31.1 Å². The molecule has 0 heterocycles. The van der Waals surface area contributed by atoms with Gasteiger partial charge in [0.25, 0.3) is 11.3 Å². The Labute approximate surface area is 96.6 Å². The Hall–Kier alpha value is -1.60. The van der Waals surface area contributed by atoms with Crippen molar-refractivity contribution in [1.82, 2.24) is 0 Å². The van der Waals surface area contributed by atoms with E-state index in [0.29, 0.717) is 12.2 Å². The van der Waals surface area contributed by atoms with E-state index in [-0.39, 0.29) is 5.71 Å². The van der Waals surface area contributed by atoms with Crippen molar-refractivity contribution in [2.24, 2.45) is 0 Å². The second-order valence-corrected chi connectivity index (χ2v) is 3.49. The molecule has 1 aliphatic rings. The number of nitrogens with zero attached hydrogens (tertiary/aromatic N) is 2. The fourth-order valence-corrected chi connectivity index (χ4v) is 1.37. The van der Waals surface area contributed by atoms with Gasteiger partial charge in [-0.3, -0.25) is 0 Å². The summed E-state index contributed by atoms with van der Waals surface area (Å²) < 4.78 is 74.6. The van der Waals surface area contributed by atoms with Crippen LogP contribution in [0, 0.1) is 0 Å². The molecule has 0 aromatic rings. The van der Waals surface area contributed by atoms with E-state index in [1.54, 1.807) is 0 Å². The van der Waals surface area contributed by atoms with Crippen LogP contribution in [0.25, 0.3) is 5.53 Å². The molecule has 100 valence electrons. The van der Waals surface area contributed by atoms with Crippen molar-refractivity contribution < 1.29 is 36.2 Å². The Kier molecular flexibility index (Phi) is 3.42. The molecule has 1 N–H and O–H groups in total. The van der Waals surface area contributed by atoms with Gasteiger partial charge in [-0.25, -0.2) is 0 Å². The zero-order chi connectivity index (χ0) is 14.2.